The van der Waals surface area contributed by atoms with Crippen molar-refractivity contribution in [1.82, 2.24) is 15.6 Å². The third-order valence-electron chi connectivity index (χ3n) is 7.91. The van der Waals surface area contributed by atoms with Crippen molar-refractivity contribution < 1.29 is 19.1 Å². The number of amides is 2. The van der Waals surface area contributed by atoms with Gasteiger partial charge in [0.05, 0.1) is 11.9 Å². The van der Waals surface area contributed by atoms with Gasteiger partial charge in [0.25, 0.3) is 5.91 Å². The van der Waals surface area contributed by atoms with E-state index in [1.165, 1.54) is 6.26 Å². The molecule has 4 rings (SSSR count). The summed E-state index contributed by atoms with van der Waals surface area (Å²) in [4.78, 5) is 29.7. The molecule has 7 heteroatoms. The summed E-state index contributed by atoms with van der Waals surface area (Å²) in [7, 11) is 0. The SMILES string of the molecule is CC1(O)CCC2(CCC(=O)NCc3cccnc3)C(NC(=O)c3ccco3)CC(C)(C)C2C1. The van der Waals surface area contributed by atoms with E-state index >= 15 is 0 Å². The van der Waals surface area contributed by atoms with Crippen LogP contribution in [0.2, 0.25) is 0 Å². The fourth-order valence-corrected chi connectivity index (χ4v) is 6.21. The number of nitrogens with one attached hydrogen (secondary N) is 2. The normalized spacial score (nSPS) is 30.4. The molecule has 2 aromatic rings. The van der Waals surface area contributed by atoms with E-state index in [-0.39, 0.29) is 34.6 Å². The molecule has 33 heavy (non-hydrogen) atoms. The van der Waals surface area contributed by atoms with E-state index in [1.54, 1.807) is 24.5 Å². The second-order valence-electron chi connectivity index (χ2n) is 10.8. The van der Waals surface area contributed by atoms with Gasteiger partial charge < -0.3 is 20.2 Å². The van der Waals surface area contributed by atoms with Crippen LogP contribution in [0.4, 0.5) is 0 Å². The van der Waals surface area contributed by atoms with Gasteiger partial charge in [0.2, 0.25) is 5.91 Å². The number of furan rings is 1. The summed E-state index contributed by atoms with van der Waals surface area (Å²) in [5, 5.41) is 17.1. The molecule has 7 nitrogen and oxygen atoms in total. The smallest absolute Gasteiger partial charge is 0.287 e. The lowest BCUT2D eigenvalue weighted by molar-refractivity contribution is -0.123. The predicted molar refractivity (Wildman–Crippen MR) is 124 cm³/mol. The molecule has 2 fully saturated rings. The van der Waals surface area contributed by atoms with Crippen molar-refractivity contribution in [3.63, 3.8) is 0 Å². The quantitative estimate of drug-likeness (QED) is 0.591. The lowest BCUT2D eigenvalue weighted by atomic mass is 9.57. The molecule has 2 aliphatic carbocycles. The van der Waals surface area contributed by atoms with E-state index in [1.807, 2.05) is 19.1 Å². The number of hydrogen-bond acceptors (Lipinski definition) is 5. The van der Waals surface area contributed by atoms with Crippen LogP contribution in [0.1, 0.15) is 75.4 Å². The summed E-state index contributed by atoms with van der Waals surface area (Å²) in [5.74, 6) is 0.259. The number of pyridine rings is 1. The van der Waals surface area contributed by atoms with Crippen LogP contribution in [0.5, 0.6) is 0 Å². The van der Waals surface area contributed by atoms with Gasteiger partial charge in [-0.1, -0.05) is 19.9 Å². The average Bonchev–Trinajstić information content (AvgIpc) is 3.38. The van der Waals surface area contributed by atoms with E-state index < -0.39 is 5.60 Å². The predicted octanol–water partition coefficient (Wildman–Crippen LogP) is 3.84. The van der Waals surface area contributed by atoms with Crippen molar-refractivity contribution in [2.24, 2.45) is 16.7 Å². The Balaban J connectivity index is 1.51. The summed E-state index contributed by atoms with van der Waals surface area (Å²) in [5.41, 5.74) is -0.0909. The Hall–Kier alpha value is -2.67. The van der Waals surface area contributed by atoms with Gasteiger partial charge in [0, 0.05) is 31.4 Å². The third kappa shape index (κ3) is 4.98. The summed E-state index contributed by atoms with van der Waals surface area (Å²) in [6, 6.07) is 7.07. The number of hydrogen-bond donors (Lipinski definition) is 3. The van der Waals surface area contributed by atoms with Crippen LogP contribution in [0.15, 0.2) is 47.3 Å². The first kappa shape index (κ1) is 23.5. The lowest BCUT2D eigenvalue weighted by Gasteiger charge is -2.50. The minimum absolute atomic E-state index is 0.00914. The van der Waals surface area contributed by atoms with Gasteiger partial charge in [-0.25, -0.2) is 0 Å². The Labute approximate surface area is 195 Å². The summed E-state index contributed by atoms with van der Waals surface area (Å²) < 4.78 is 5.31. The van der Waals surface area contributed by atoms with E-state index in [4.69, 9.17) is 4.42 Å². The van der Waals surface area contributed by atoms with Crippen molar-refractivity contribution in [2.45, 2.75) is 77.5 Å². The average molecular weight is 454 g/mol. The largest absolute Gasteiger partial charge is 0.459 e. The molecular weight excluding hydrogens is 418 g/mol. The number of nitrogens with zero attached hydrogens (tertiary/aromatic N) is 1. The minimum Gasteiger partial charge on any atom is -0.459 e. The van der Waals surface area contributed by atoms with Crippen LogP contribution < -0.4 is 10.6 Å². The first-order valence-electron chi connectivity index (χ1n) is 11.8. The van der Waals surface area contributed by atoms with Gasteiger partial charge in [-0.05, 0) is 79.5 Å². The van der Waals surface area contributed by atoms with Crippen LogP contribution in [0.3, 0.4) is 0 Å². The Morgan fingerprint density at radius 2 is 2.00 bits per heavy atom. The Morgan fingerprint density at radius 3 is 2.70 bits per heavy atom. The van der Waals surface area contributed by atoms with Gasteiger partial charge in [-0.15, -0.1) is 0 Å². The number of carbonyl (C=O) groups excluding carboxylic acids is 2. The van der Waals surface area contributed by atoms with Gasteiger partial charge in [0.1, 0.15) is 0 Å². The molecule has 2 saturated carbocycles. The number of rotatable bonds is 7. The van der Waals surface area contributed by atoms with E-state index in [0.29, 0.717) is 38.0 Å². The fourth-order valence-electron chi connectivity index (χ4n) is 6.21. The van der Waals surface area contributed by atoms with Crippen LogP contribution in [-0.2, 0) is 11.3 Å². The zero-order valence-corrected chi connectivity index (χ0v) is 19.8. The molecule has 0 saturated heterocycles. The molecule has 4 atom stereocenters. The highest BCUT2D eigenvalue weighted by molar-refractivity contribution is 5.91. The number of fused-ring (bicyclic) bond motifs is 1. The molecule has 2 aromatic heterocycles. The number of carbonyl (C=O) groups is 2. The monoisotopic (exact) mass is 453 g/mol. The Kier molecular flexibility index (Phi) is 6.36. The fraction of sp³-hybridized carbons (Fsp3) is 0.577. The van der Waals surface area contributed by atoms with Crippen LogP contribution in [0.25, 0.3) is 0 Å². The molecule has 2 aliphatic rings. The maximum absolute atomic E-state index is 12.9. The first-order valence-corrected chi connectivity index (χ1v) is 11.8. The molecular formula is C26H35N3O4. The Morgan fingerprint density at radius 1 is 1.18 bits per heavy atom. The lowest BCUT2D eigenvalue weighted by Crippen LogP contribution is -2.52. The van der Waals surface area contributed by atoms with Crippen molar-refractivity contribution in [3.8, 4) is 0 Å². The molecule has 2 amide bonds. The van der Waals surface area contributed by atoms with Crippen molar-refractivity contribution in [2.75, 3.05) is 0 Å². The topological polar surface area (TPSA) is 104 Å². The van der Waals surface area contributed by atoms with Crippen LogP contribution in [0, 0.1) is 16.7 Å². The van der Waals surface area contributed by atoms with E-state index in [9.17, 15) is 14.7 Å². The molecule has 0 aliphatic heterocycles. The second kappa shape index (κ2) is 8.93. The molecule has 0 bridgehead atoms. The highest BCUT2D eigenvalue weighted by atomic mass is 16.3. The highest BCUT2D eigenvalue weighted by Gasteiger charge is 2.61. The maximum atomic E-state index is 12.9. The van der Waals surface area contributed by atoms with E-state index in [0.717, 1.165) is 18.4 Å². The van der Waals surface area contributed by atoms with Crippen molar-refractivity contribution in [1.29, 1.82) is 0 Å². The van der Waals surface area contributed by atoms with Gasteiger partial charge in [0.15, 0.2) is 5.76 Å². The molecule has 2 heterocycles. The highest BCUT2D eigenvalue weighted by Crippen LogP contribution is 2.63. The van der Waals surface area contributed by atoms with Gasteiger partial charge >= 0.3 is 0 Å². The molecule has 178 valence electrons. The zero-order valence-electron chi connectivity index (χ0n) is 19.8. The molecule has 0 radical (unpaired) electrons. The van der Waals surface area contributed by atoms with Gasteiger partial charge in [-0.3, -0.25) is 14.6 Å². The summed E-state index contributed by atoms with van der Waals surface area (Å²) in [6.45, 7) is 6.79. The summed E-state index contributed by atoms with van der Waals surface area (Å²) in [6.07, 6.45) is 8.90. The molecule has 3 N–H and O–H groups in total. The first-order chi connectivity index (χ1) is 15.6. The Bertz CT molecular complexity index is 971. The second-order valence-corrected chi connectivity index (χ2v) is 10.8. The number of aliphatic hydroxyl groups is 1. The molecule has 0 spiro atoms. The third-order valence-corrected chi connectivity index (χ3v) is 7.91. The standard InChI is InChI=1S/C26H35N3O4/c1-24(2)15-21(29-23(31)19-7-5-13-33-19)26(11-10-25(3,32)14-20(24)26)9-8-22(30)28-17-18-6-4-12-27-16-18/h4-7,12-13,16,20-21,32H,8-11,14-15,17H2,1-3H3,(H,28,30)(H,29,31). The van der Waals surface area contributed by atoms with Gasteiger partial charge in [-0.2, -0.15) is 0 Å². The van der Waals surface area contributed by atoms with Crippen LogP contribution >= 0.6 is 0 Å². The minimum atomic E-state index is -0.728. The zero-order chi connectivity index (χ0) is 23.7. The molecule has 4 unspecified atom stereocenters. The van der Waals surface area contributed by atoms with E-state index in [2.05, 4.69) is 29.5 Å². The van der Waals surface area contributed by atoms with Crippen LogP contribution in [-0.4, -0.2) is 33.5 Å². The molecule has 0 aromatic carbocycles. The number of aromatic nitrogens is 1. The van der Waals surface area contributed by atoms with Crippen molar-refractivity contribution >= 4 is 11.8 Å². The summed E-state index contributed by atoms with van der Waals surface area (Å²) >= 11 is 0. The van der Waals surface area contributed by atoms with Crippen molar-refractivity contribution in [3.05, 3.63) is 54.2 Å². The maximum Gasteiger partial charge on any atom is 0.287 e.